The minimum atomic E-state index is -4.82. The molecule has 3 nitrogen and oxygen atoms in total. The van der Waals surface area contributed by atoms with Crippen LogP contribution in [0.4, 0.5) is 26.3 Å². The van der Waals surface area contributed by atoms with Gasteiger partial charge in [-0.05, 0) is 29.8 Å². The molecular weight excluding hydrogens is 388 g/mol. The zero-order chi connectivity index (χ0) is 18.8. The smallest absolute Gasteiger partial charge is 0.496 e. The van der Waals surface area contributed by atoms with Gasteiger partial charge in [0.15, 0.2) is 0 Å². The van der Waals surface area contributed by atoms with Gasteiger partial charge in [0.25, 0.3) is 0 Å². The van der Waals surface area contributed by atoms with Crippen LogP contribution in [0, 0.1) is 0 Å². The molecule has 0 fully saturated rings. The molecule has 26 heavy (non-hydrogen) atoms. The molecule has 0 aliphatic heterocycles. The zero-order valence-electron chi connectivity index (χ0n) is 13.2. The van der Waals surface area contributed by atoms with E-state index in [1.165, 1.54) is 25.3 Å². The molecule has 0 saturated heterocycles. The van der Waals surface area contributed by atoms with Crippen LogP contribution < -0.4 is 15.2 Å². The van der Waals surface area contributed by atoms with Gasteiger partial charge in [-0.15, -0.1) is 25.6 Å². The second-order valence-electron chi connectivity index (χ2n) is 5.05. The summed E-state index contributed by atoms with van der Waals surface area (Å²) in [5, 5.41) is 0. The van der Waals surface area contributed by atoms with Crippen molar-refractivity contribution < 1.29 is 35.8 Å². The topological polar surface area (TPSA) is 44.5 Å². The molecular formula is C16H14ClF6NO2. The Bertz CT molecular complexity index is 731. The average Bonchev–Trinajstić information content (AvgIpc) is 2.52. The summed E-state index contributed by atoms with van der Waals surface area (Å²) in [7, 11) is 1.20. The number of methoxy groups -OCH3 is 1. The fourth-order valence-corrected chi connectivity index (χ4v) is 2.20. The van der Waals surface area contributed by atoms with Crippen LogP contribution in [-0.4, -0.2) is 13.5 Å². The van der Waals surface area contributed by atoms with Crippen LogP contribution in [-0.2, 0) is 6.18 Å². The van der Waals surface area contributed by atoms with Gasteiger partial charge >= 0.3 is 12.5 Å². The van der Waals surface area contributed by atoms with Crippen molar-refractivity contribution in [1.29, 1.82) is 0 Å². The van der Waals surface area contributed by atoms with Crippen molar-refractivity contribution in [2.24, 2.45) is 5.73 Å². The van der Waals surface area contributed by atoms with E-state index in [1.807, 2.05) is 0 Å². The maximum atomic E-state index is 12.7. The summed E-state index contributed by atoms with van der Waals surface area (Å²) in [6, 6.07) is 6.68. The predicted molar refractivity (Wildman–Crippen MR) is 84.4 cm³/mol. The Morgan fingerprint density at radius 1 is 0.923 bits per heavy atom. The lowest BCUT2D eigenvalue weighted by Gasteiger charge is -2.18. The summed E-state index contributed by atoms with van der Waals surface area (Å²) in [6.45, 7) is 0. The van der Waals surface area contributed by atoms with E-state index in [-0.39, 0.29) is 23.7 Å². The number of ether oxygens (including phenoxy) is 2. The molecule has 0 unspecified atom stereocenters. The lowest BCUT2D eigenvalue weighted by molar-refractivity contribution is -0.274. The van der Waals surface area contributed by atoms with E-state index in [2.05, 4.69) is 4.74 Å². The molecule has 2 aromatic rings. The van der Waals surface area contributed by atoms with Crippen molar-refractivity contribution in [3.63, 3.8) is 0 Å². The van der Waals surface area contributed by atoms with Gasteiger partial charge in [-0.1, -0.05) is 18.2 Å². The van der Waals surface area contributed by atoms with Gasteiger partial charge in [0.2, 0.25) is 0 Å². The van der Waals surface area contributed by atoms with Gasteiger partial charge in [-0.3, -0.25) is 0 Å². The third kappa shape index (κ3) is 5.43. The van der Waals surface area contributed by atoms with Gasteiger partial charge < -0.3 is 15.2 Å². The highest BCUT2D eigenvalue weighted by Crippen LogP contribution is 2.36. The number of halogens is 7. The highest BCUT2D eigenvalue weighted by atomic mass is 35.5. The van der Waals surface area contributed by atoms with Crippen LogP contribution in [0.15, 0.2) is 42.5 Å². The van der Waals surface area contributed by atoms with Crippen molar-refractivity contribution in [2.45, 2.75) is 18.6 Å². The van der Waals surface area contributed by atoms with Gasteiger partial charge in [0, 0.05) is 5.56 Å². The molecule has 0 aliphatic rings. The number of alkyl halides is 6. The van der Waals surface area contributed by atoms with Crippen LogP contribution in [0.1, 0.15) is 22.7 Å². The van der Waals surface area contributed by atoms with E-state index in [0.29, 0.717) is 5.56 Å². The van der Waals surface area contributed by atoms with E-state index in [1.54, 1.807) is 0 Å². The normalized spacial score (nSPS) is 12.9. The second-order valence-corrected chi connectivity index (χ2v) is 5.05. The van der Waals surface area contributed by atoms with Crippen molar-refractivity contribution >= 4 is 12.4 Å². The fraction of sp³-hybridized carbons (Fsp3) is 0.250. The first-order valence-electron chi connectivity index (χ1n) is 6.87. The molecule has 144 valence electrons. The molecule has 10 heteroatoms. The first-order chi connectivity index (χ1) is 11.5. The molecule has 0 spiro atoms. The molecule has 0 radical (unpaired) electrons. The van der Waals surface area contributed by atoms with Crippen LogP contribution in [0.5, 0.6) is 11.5 Å². The largest absolute Gasteiger partial charge is 0.573 e. The first kappa shape index (κ1) is 21.9. The molecule has 0 aliphatic carbocycles. The summed E-state index contributed by atoms with van der Waals surface area (Å²) >= 11 is 0. The first-order valence-corrected chi connectivity index (χ1v) is 6.87. The Labute approximate surface area is 151 Å². The Morgan fingerprint density at radius 3 is 1.96 bits per heavy atom. The maximum Gasteiger partial charge on any atom is 0.573 e. The number of hydrogen-bond donors (Lipinski definition) is 1. The molecule has 2 N–H and O–H groups in total. The molecule has 0 amide bonds. The summed E-state index contributed by atoms with van der Waals surface area (Å²) in [5.41, 5.74) is 5.76. The molecule has 1 atom stereocenters. The molecule has 0 saturated carbocycles. The quantitative estimate of drug-likeness (QED) is 0.726. The van der Waals surface area contributed by atoms with Crippen molar-refractivity contribution in [3.8, 4) is 11.5 Å². The Morgan fingerprint density at radius 2 is 1.50 bits per heavy atom. The van der Waals surface area contributed by atoms with E-state index in [4.69, 9.17) is 10.5 Å². The highest BCUT2D eigenvalue weighted by Gasteiger charge is 2.32. The van der Waals surface area contributed by atoms with Crippen LogP contribution >= 0.6 is 12.4 Å². The Balaban J connectivity index is 0.00000338. The maximum absolute atomic E-state index is 12.7. The molecule has 2 rings (SSSR count). The molecule has 2 aromatic carbocycles. The number of benzene rings is 2. The van der Waals surface area contributed by atoms with Gasteiger partial charge in [0.1, 0.15) is 11.5 Å². The lowest BCUT2D eigenvalue weighted by Crippen LogP contribution is -2.17. The standard InChI is InChI=1S/C16H13F6NO2.ClH/c1-24-13-8-10(15(17,18)19)4-7-12(13)14(23)9-2-5-11(6-3-9)25-16(20,21)22;/h2-8,14H,23H2,1H3;1H/t14-;/m0./s1. The van der Waals surface area contributed by atoms with E-state index < -0.39 is 29.9 Å². The summed E-state index contributed by atoms with van der Waals surface area (Å²) in [4.78, 5) is 0. The molecule has 0 aromatic heterocycles. The minimum Gasteiger partial charge on any atom is -0.496 e. The van der Waals surface area contributed by atoms with Gasteiger partial charge in [-0.2, -0.15) is 13.2 Å². The van der Waals surface area contributed by atoms with Crippen LogP contribution in [0.25, 0.3) is 0 Å². The number of rotatable bonds is 4. The third-order valence-corrected chi connectivity index (χ3v) is 3.37. The van der Waals surface area contributed by atoms with Gasteiger partial charge in [0.05, 0.1) is 18.7 Å². The van der Waals surface area contributed by atoms with Crippen molar-refractivity contribution in [3.05, 3.63) is 59.2 Å². The van der Waals surface area contributed by atoms with Crippen LogP contribution in [0.3, 0.4) is 0 Å². The van der Waals surface area contributed by atoms with E-state index >= 15 is 0 Å². The van der Waals surface area contributed by atoms with E-state index in [9.17, 15) is 26.3 Å². The zero-order valence-corrected chi connectivity index (χ0v) is 14.0. The SMILES string of the molecule is COc1cc(C(F)(F)F)ccc1[C@@H](N)c1ccc(OC(F)(F)F)cc1.Cl. The summed E-state index contributed by atoms with van der Waals surface area (Å²) in [5.74, 6) is -0.499. The number of hydrogen-bond acceptors (Lipinski definition) is 3. The van der Waals surface area contributed by atoms with Crippen LogP contribution in [0.2, 0.25) is 0 Å². The lowest BCUT2D eigenvalue weighted by atomic mass is 9.97. The number of nitrogens with two attached hydrogens (primary N) is 1. The third-order valence-electron chi connectivity index (χ3n) is 3.37. The Hall–Kier alpha value is -2.13. The Kier molecular flexibility index (Phi) is 6.78. The summed E-state index contributed by atoms with van der Waals surface area (Å²) in [6.07, 6.45) is -9.35. The minimum absolute atomic E-state index is 0. The fourth-order valence-electron chi connectivity index (χ4n) is 2.20. The second kappa shape index (κ2) is 8.05. The van der Waals surface area contributed by atoms with E-state index in [0.717, 1.165) is 24.3 Å². The van der Waals surface area contributed by atoms with Gasteiger partial charge in [-0.25, -0.2) is 0 Å². The molecule has 0 heterocycles. The monoisotopic (exact) mass is 401 g/mol. The summed E-state index contributed by atoms with van der Waals surface area (Å²) < 4.78 is 83.4. The van der Waals surface area contributed by atoms with Crippen molar-refractivity contribution in [1.82, 2.24) is 0 Å². The van der Waals surface area contributed by atoms with Crippen molar-refractivity contribution in [2.75, 3.05) is 7.11 Å². The average molecular weight is 402 g/mol. The highest BCUT2D eigenvalue weighted by molar-refractivity contribution is 5.85. The predicted octanol–water partition coefficient (Wildman–Crippen LogP) is 5.08. The molecule has 0 bridgehead atoms.